The fourth-order valence-corrected chi connectivity index (χ4v) is 15.8. The molecule has 0 amide bonds. The number of hydrogen-bond acceptors (Lipinski definition) is 22. The Morgan fingerprint density at radius 3 is 1.20 bits per heavy atom. The average molecular weight is 1660 g/mol. The fraction of sp³-hybridized carbons (Fsp3) is 0.333. The molecule has 0 bridgehead atoms. The van der Waals surface area contributed by atoms with E-state index in [0.717, 1.165) is 212 Å². The molecule has 4 aliphatic rings. The highest BCUT2D eigenvalue weighted by atomic mass is 35.5. The van der Waals surface area contributed by atoms with Crippen LogP contribution in [0.1, 0.15) is 150 Å². The van der Waals surface area contributed by atoms with Gasteiger partial charge in [0.2, 0.25) is 0 Å². The van der Waals surface area contributed by atoms with Gasteiger partial charge in [0, 0.05) is 111 Å². The number of aromatic nitrogens is 14. The SMILES string of the molecule is CC(C)Nc1nccc2c1C(c1cc(C3CCOCC3)ccn1)=NC2.COc1ccc(Cn2nc(-c3cc(C4=CCOCC4)ccn3)c3c(NC(C)C)nccc32)cc1.COc1ccc(Cn2nc(-c3cc(C4CCOCC4)ccn3)c3c(NC(C)C)nccc32)cc1.COc1ccc(Cn2nc(-c3cc(Cl)ccn3)c3c(NC(C)C)nccc32)cc1. The van der Waals surface area contributed by atoms with Gasteiger partial charge in [-0.15, -0.1) is 0 Å². The van der Waals surface area contributed by atoms with Crippen LogP contribution in [0.25, 0.3) is 72.4 Å². The number of nitrogens with zero attached hydrogens (tertiary/aromatic N) is 15. The lowest BCUT2D eigenvalue weighted by Gasteiger charge is -2.22. The molecule has 3 aromatic carbocycles. The molecule has 2 saturated heterocycles. The van der Waals surface area contributed by atoms with Crippen LogP contribution in [0.3, 0.4) is 0 Å². The summed E-state index contributed by atoms with van der Waals surface area (Å²) in [5.41, 5.74) is 20.6. The molecule has 14 aromatic rings. The van der Waals surface area contributed by atoms with Crippen LogP contribution in [0, 0.1) is 0 Å². The molecule has 18 rings (SSSR count). The molecule has 4 N–H and O–H groups in total. The highest BCUT2D eigenvalue weighted by molar-refractivity contribution is 6.30. The van der Waals surface area contributed by atoms with Crippen LogP contribution < -0.4 is 35.5 Å². The molecule has 122 heavy (non-hydrogen) atoms. The smallest absolute Gasteiger partial charge is 0.137 e. The first-order valence-corrected chi connectivity index (χ1v) is 42.4. The lowest BCUT2D eigenvalue weighted by atomic mass is 9.91. The third-order valence-corrected chi connectivity index (χ3v) is 21.8. The molecule has 11 aromatic heterocycles. The van der Waals surface area contributed by atoms with Crippen LogP contribution in [0.5, 0.6) is 17.2 Å². The Labute approximate surface area is 717 Å². The van der Waals surface area contributed by atoms with E-state index >= 15 is 0 Å². The average Bonchev–Trinajstić information content (AvgIpc) is 1.63. The minimum atomic E-state index is 0.234. The number of anilines is 4. The third-order valence-electron chi connectivity index (χ3n) is 21.6. The van der Waals surface area contributed by atoms with Gasteiger partial charge in [-0.05, 0) is 253 Å². The predicted molar refractivity (Wildman–Crippen MR) is 485 cm³/mol. The number of fused-ring (bicyclic) bond motifs is 4. The first-order chi connectivity index (χ1) is 59.5. The van der Waals surface area contributed by atoms with Crippen LogP contribution in [-0.4, -0.2) is 160 Å². The van der Waals surface area contributed by atoms with E-state index < -0.39 is 0 Å². The molecule has 628 valence electrons. The Kier molecular flexibility index (Phi) is 27.5. The fourth-order valence-electron chi connectivity index (χ4n) is 15.7. The van der Waals surface area contributed by atoms with Crippen molar-refractivity contribution >= 4 is 78.9 Å². The zero-order chi connectivity index (χ0) is 84.6. The van der Waals surface area contributed by atoms with E-state index in [0.29, 0.717) is 55.7 Å². The van der Waals surface area contributed by atoms with Crippen molar-refractivity contribution in [3.8, 4) is 51.4 Å². The van der Waals surface area contributed by atoms with Crippen molar-refractivity contribution < 1.29 is 28.4 Å². The molecular weight excluding hydrogens is 1550 g/mol. The summed E-state index contributed by atoms with van der Waals surface area (Å²) >= 11 is 6.22. The Balaban J connectivity index is 0.000000127. The number of aliphatic imine (C=N–C) groups is 1. The first kappa shape index (κ1) is 84.5. The van der Waals surface area contributed by atoms with Crippen LogP contribution in [0.4, 0.5) is 23.3 Å². The van der Waals surface area contributed by atoms with Gasteiger partial charge in [-0.25, -0.2) is 19.9 Å². The van der Waals surface area contributed by atoms with Gasteiger partial charge in [0.15, 0.2) is 0 Å². The molecule has 4 aliphatic heterocycles. The third kappa shape index (κ3) is 20.4. The standard InChI is InChI=1S/C27H31N5O2.C27H29N5O2.C22H22ClN5O.C20H24N4O/c2*1-18(2)30-27-25-24(9-13-29-27)32(17-19-4-6-22(33-3)7-5-19)31-26(25)23-16-21(8-12-28-23)20-10-14-34-15-11-20;1-14(2)26-22-20-19(9-11-25-22)28(13-15-4-6-17(29-3)7-5-15)27-21(20)18-12-16(23)8-10-24-18;1-13(2)24-20-18-16(4-8-22-20)12-23-19(18)17-11-15(3-7-21-17)14-5-9-25-10-6-14/h4-9,12-13,16,18,20H,10-11,14-15,17H2,1-3H3,(H,29,30);4-10,12-13,16,18H,11,14-15,17H2,1-3H3,(H,29,30);4-12,14H,13H2,1-3H3,(H,25,26);3-4,7-8,11,13-14H,5-6,9-10,12H2,1-2H3,(H,22,24). The van der Waals surface area contributed by atoms with Gasteiger partial charge >= 0.3 is 0 Å². The van der Waals surface area contributed by atoms with E-state index in [1.54, 1.807) is 39.8 Å². The highest BCUT2D eigenvalue weighted by Crippen LogP contribution is 2.40. The number of pyridine rings is 8. The Bertz CT molecular complexity index is 5950. The van der Waals surface area contributed by atoms with Crippen molar-refractivity contribution in [1.82, 2.24) is 69.2 Å². The second-order valence-corrected chi connectivity index (χ2v) is 32.3. The maximum atomic E-state index is 6.22. The number of methoxy groups -OCH3 is 3. The van der Waals surface area contributed by atoms with E-state index in [-0.39, 0.29) is 18.1 Å². The second kappa shape index (κ2) is 39.8. The van der Waals surface area contributed by atoms with Crippen LogP contribution in [0.2, 0.25) is 5.02 Å². The quantitative estimate of drug-likeness (QED) is 0.0438. The van der Waals surface area contributed by atoms with Crippen LogP contribution >= 0.6 is 11.6 Å². The van der Waals surface area contributed by atoms with Crippen molar-refractivity contribution in [2.45, 2.75) is 150 Å². The predicted octanol–water partition coefficient (Wildman–Crippen LogP) is 19.0. The van der Waals surface area contributed by atoms with E-state index in [1.807, 2.05) is 124 Å². The maximum absolute atomic E-state index is 6.22. The number of rotatable bonds is 24. The minimum Gasteiger partial charge on any atom is -0.497 e. The molecule has 26 heteroatoms. The molecule has 0 unspecified atom stereocenters. The van der Waals surface area contributed by atoms with Crippen molar-refractivity contribution in [3.63, 3.8) is 0 Å². The lowest BCUT2D eigenvalue weighted by molar-refractivity contribution is 0.0852. The molecule has 0 saturated carbocycles. The number of halogens is 1. The number of ether oxygens (including phenoxy) is 6. The molecule has 0 spiro atoms. The van der Waals surface area contributed by atoms with Gasteiger partial charge in [-0.2, -0.15) is 15.3 Å². The number of hydrogen-bond donors (Lipinski definition) is 4. The van der Waals surface area contributed by atoms with Crippen molar-refractivity contribution in [1.29, 1.82) is 0 Å². The molecule has 25 nitrogen and oxygen atoms in total. The normalized spacial score (nSPS) is 14.2. The summed E-state index contributed by atoms with van der Waals surface area (Å²) in [6.45, 7) is 24.2. The highest BCUT2D eigenvalue weighted by Gasteiger charge is 2.28. The Morgan fingerprint density at radius 1 is 0.402 bits per heavy atom. The van der Waals surface area contributed by atoms with Gasteiger partial charge < -0.3 is 49.7 Å². The van der Waals surface area contributed by atoms with Crippen molar-refractivity contribution in [3.05, 3.63) is 256 Å². The summed E-state index contributed by atoms with van der Waals surface area (Å²) < 4.78 is 38.5. The number of benzene rings is 3. The van der Waals surface area contributed by atoms with Gasteiger partial charge in [0.1, 0.15) is 57.6 Å². The largest absolute Gasteiger partial charge is 0.497 e. The molecule has 0 aliphatic carbocycles. The molecule has 0 atom stereocenters. The van der Waals surface area contributed by atoms with E-state index in [4.69, 9.17) is 70.3 Å². The van der Waals surface area contributed by atoms with Crippen LogP contribution in [0.15, 0.2) is 206 Å². The topological polar surface area (TPSA) is 272 Å². The summed E-state index contributed by atoms with van der Waals surface area (Å²) in [5, 5.41) is 32.4. The monoisotopic (exact) mass is 1660 g/mol. The minimum absolute atomic E-state index is 0.234. The maximum Gasteiger partial charge on any atom is 0.137 e. The summed E-state index contributed by atoms with van der Waals surface area (Å²) in [4.78, 5) is 41.8. The molecule has 2 fully saturated rings. The van der Waals surface area contributed by atoms with E-state index in [1.165, 1.54) is 22.3 Å². The zero-order valence-corrected chi connectivity index (χ0v) is 71.9. The zero-order valence-electron chi connectivity index (χ0n) is 71.2. The molecular formula is C96H106ClN19O6. The van der Waals surface area contributed by atoms with E-state index in [9.17, 15) is 0 Å². The van der Waals surface area contributed by atoms with Gasteiger partial charge in [0.25, 0.3) is 0 Å². The summed E-state index contributed by atoms with van der Waals surface area (Å²) in [7, 11) is 5.02. The van der Waals surface area contributed by atoms with Gasteiger partial charge in [-0.1, -0.05) is 54.1 Å². The summed E-state index contributed by atoms with van der Waals surface area (Å²) in [6.07, 6.45) is 22.0. The van der Waals surface area contributed by atoms with Gasteiger partial charge in [0.05, 0.1) is 122 Å². The molecule has 15 heterocycles. The summed E-state index contributed by atoms with van der Waals surface area (Å²) in [5.74, 6) is 6.91. The Hall–Kier alpha value is -12.6. The lowest BCUT2D eigenvalue weighted by Crippen LogP contribution is -2.17. The summed E-state index contributed by atoms with van der Waals surface area (Å²) in [6, 6.07) is 49.7. The Morgan fingerprint density at radius 2 is 0.779 bits per heavy atom. The first-order valence-electron chi connectivity index (χ1n) is 42.0. The van der Waals surface area contributed by atoms with Gasteiger partial charge in [-0.3, -0.25) is 39.0 Å². The number of nitrogens with one attached hydrogen (secondary N) is 4. The van der Waals surface area contributed by atoms with Crippen molar-refractivity contribution in [2.24, 2.45) is 4.99 Å². The second-order valence-electron chi connectivity index (χ2n) is 31.8. The van der Waals surface area contributed by atoms with E-state index in [2.05, 4.69) is 179 Å². The van der Waals surface area contributed by atoms with Crippen molar-refractivity contribution in [2.75, 3.05) is 82.2 Å². The molecule has 0 radical (unpaired) electrons. The van der Waals surface area contributed by atoms with Crippen LogP contribution in [-0.2, 0) is 40.4 Å².